The Labute approximate surface area is 185 Å². The first-order chi connectivity index (χ1) is 14.9. The van der Waals surface area contributed by atoms with Gasteiger partial charge in [0.1, 0.15) is 18.6 Å². The zero-order valence-corrected chi connectivity index (χ0v) is 18.3. The van der Waals surface area contributed by atoms with Gasteiger partial charge in [0, 0.05) is 6.54 Å². The fourth-order valence-electron chi connectivity index (χ4n) is 2.59. The Balaban J connectivity index is 5.38. The number of carbonyl (C=O) groups is 5. The number of nitrogens with one attached hydrogen (secondary N) is 3. The van der Waals surface area contributed by atoms with Crippen LogP contribution in [0.5, 0.6) is 0 Å². The summed E-state index contributed by atoms with van der Waals surface area (Å²) in [5, 5.41) is 16.0. The van der Waals surface area contributed by atoms with Gasteiger partial charge in [-0.2, -0.15) is 0 Å². The summed E-state index contributed by atoms with van der Waals surface area (Å²) in [6.45, 7) is 3.07. The molecule has 0 bridgehead atoms. The summed E-state index contributed by atoms with van der Waals surface area (Å²) >= 11 is 0. The molecule has 32 heavy (non-hydrogen) atoms. The van der Waals surface area contributed by atoms with Gasteiger partial charge in [0.05, 0.1) is 12.5 Å². The number of guanidine groups is 1. The Morgan fingerprint density at radius 3 is 2.12 bits per heavy atom. The molecule has 4 amide bonds. The maximum Gasteiger partial charge on any atom is 0.322 e. The lowest BCUT2D eigenvalue weighted by molar-refractivity contribution is -0.138. The van der Waals surface area contributed by atoms with Crippen molar-refractivity contribution in [3.63, 3.8) is 0 Å². The van der Waals surface area contributed by atoms with E-state index >= 15 is 0 Å². The van der Waals surface area contributed by atoms with Crippen molar-refractivity contribution in [3.8, 4) is 0 Å². The number of aliphatic carboxylic acids is 1. The second kappa shape index (κ2) is 14.6. The normalized spacial score (nSPS) is 14.2. The van der Waals surface area contributed by atoms with E-state index in [0.29, 0.717) is 12.8 Å². The van der Waals surface area contributed by atoms with E-state index in [4.69, 9.17) is 28.0 Å². The van der Waals surface area contributed by atoms with Gasteiger partial charge in [-0.3, -0.25) is 29.0 Å². The number of rotatable bonds is 15. The fourth-order valence-corrected chi connectivity index (χ4v) is 2.59. The van der Waals surface area contributed by atoms with Crippen LogP contribution in [0.3, 0.4) is 0 Å². The predicted octanol–water partition coefficient (Wildman–Crippen LogP) is -3.54. The Hall–Kier alpha value is -3.42. The second-order valence-corrected chi connectivity index (χ2v) is 7.27. The van der Waals surface area contributed by atoms with Gasteiger partial charge < -0.3 is 44.0 Å². The molecule has 0 aromatic rings. The van der Waals surface area contributed by atoms with Crippen LogP contribution in [0.2, 0.25) is 0 Å². The zero-order valence-electron chi connectivity index (χ0n) is 18.3. The SMILES string of the molecule is CCC(C)C(NC(=O)C(N)CC(N)=O)C(=O)NC(CCCN=C(N)N)C(=O)NCC(=O)O. The van der Waals surface area contributed by atoms with Gasteiger partial charge in [-0.1, -0.05) is 20.3 Å². The smallest absolute Gasteiger partial charge is 0.322 e. The Bertz CT molecular complexity index is 710. The van der Waals surface area contributed by atoms with Crippen LogP contribution in [0.25, 0.3) is 0 Å². The molecule has 0 aromatic heterocycles. The molecule has 0 heterocycles. The van der Waals surface area contributed by atoms with E-state index in [9.17, 15) is 24.0 Å². The number of aliphatic imine (C=N–C) groups is 1. The first kappa shape index (κ1) is 28.6. The Morgan fingerprint density at radius 1 is 1.00 bits per heavy atom. The monoisotopic (exact) mass is 458 g/mol. The van der Waals surface area contributed by atoms with Crippen LogP contribution < -0.4 is 38.9 Å². The molecular weight excluding hydrogens is 424 g/mol. The van der Waals surface area contributed by atoms with Crippen LogP contribution in [0, 0.1) is 5.92 Å². The third kappa shape index (κ3) is 11.7. The largest absolute Gasteiger partial charge is 0.480 e. The van der Waals surface area contributed by atoms with Crippen LogP contribution in [0.1, 0.15) is 39.5 Å². The van der Waals surface area contributed by atoms with Crippen molar-refractivity contribution in [1.29, 1.82) is 0 Å². The molecule has 0 saturated heterocycles. The molecule has 0 spiro atoms. The Kier molecular flexibility index (Phi) is 13.0. The number of carboxylic acids is 1. The summed E-state index contributed by atoms with van der Waals surface area (Å²) in [7, 11) is 0. The highest BCUT2D eigenvalue weighted by Crippen LogP contribution is 2.10. The number of carbonyl (C=O) groups excluding carboxylic acids is 4. The van der Waals surface area contributed by atoms with E-state index in [2.05, 4.69) is 20.9 Å². The number of amides is 4. The van der Waals surface area contributed by atoms with Crippen LogP contribution in [0.4, 0.5) is 0 Å². The van der Waals surface area contributed by atoms with Gasteiger partial charge in [0.15, 0.2) is 5.96 Å². The quantitative estimate of drug-likeness (QED) is 0.0685. The van der Waals surface area contributed by atoms with Gasteiger partial charge in [0.2, 0.25) is 23.6 Å². The van der Waals surface area contributed by atoms with Crippen molar-refractivity contribution >= 4 is 35.6 Å². The van der Waals surface area contributed by atoms with E-state index in [-0.39, 0.29) is 24.8 Å². The molecule has 14 heteroatoms. The molecule has 4 atom stereocenters. The summed E-state index contributed by atoms with van der Waals surface area (Å²) < 4.78 is 0. The number of primary amides is 1. The molecule has 0 aliphatic carbocycles. The topological polar surface area (TPSA) is 258 Å². The molecule has 0 aliphatic rings. The summed E-state index contributed by atoms with van der Waals surface area (Å²) in [4.78, 5) is 63.1. The van der Waals surface area contributed by atoms with Gasteiger partial charge in [-0.15, -0.1) is 0 Å². The number of nitrogens with two attached hydrogens (primary N) is 4. The van der Waals surface area contributed by atoms with Crippen molar-refractivity contribution in [2.24, 2.45) is 33.8 Å². The van der Waals surface area contributed by atoms with Gasteiger partial charge >= 0.3 is 5.97 Å². The van der Waals surface area contributed by atoms with Crippen molar-refractivity contribution < 1.29 is 29.1 Å². The number of nitrogens with zero attached hydrogens (tertiary/aromatic N) is 1. The molecule has 0 fully saturated rings. The lowest BCUT2D eigenvalue weighted by atomic mass is 9.97. The maximum absolute atomic E-state index is 12.9. The minimum absolute atomic E-state index is 0.107. The molecule has 0 aliphatic heterocycles. The lowest BCUT2D eigenvalue weighted by Crippen LogP contribution is -2.58. The Morgan fingerprint density at radius 2 is 1.62 bits per heavy atom. The molecule has 0 saturated carbocycles. The van der Waals surface area contributed by atoms with Crippen molar-refractivity contribution in [1.82, 2.24) is 16.0 Å². The molecule has 14 nitrogen and oxygen atoms in total. The van der Waals surface area contributed by atoms with E-state index in [0.717, 1.165) is 0 Å². The van der Waals surface area contributed by atoms with Gasteiger partial charge in [-0.25, -0.2) is 0 Å². The minimum atomic E-state index is -1.25. The summed E-state index contributed by atoms with van der Waals surface area (Å²) in [5.74, 6) is -4.63. The van der Waals surface area contributed by atoms with E-state index < -0.39 is 60.7 Å². The highest BCUT2D eigenvalue weighted by atomic mass is 16.4. The number of hydrogen-bond acceptors (Lipinski definition) is 7. The first-order valence-corrected chi connectivity index (χ1v) is 10.1. The van der Waals surface area contributed by atoms with E-state index in [1.165, 1.54) is 0 Å². The highest BCUT2D eigenvalue weighted by molar-refractivity contribution is 5.94. The molecule has 0 radical (unpaired) electrons. The average molecular weight is 459 g/mol. The average Bonchev–Trinajstić information content (AvgIpc) is 2.70. The van der Waals surface area contributed by atoms with Crippen molar-refractivity contribution in [3.05, 3.63) is 0 Å². The van der Waals surface area contributed by atoms with Crippen LogP contribution in [-0.4, -0.2) is 71.9 Å². The van der Waals surface area contributed by atoms with Gasteiger partial charge in [0.25, 0.3) is 0 Å². The summed E-state index contributed by atoms with van der Waals surface area (Å²) in [6, 6.07) is -3.39. The lowest BCUT2D eigenvalue weighted by Gasteiger charge is -2.27. The first-order valence-electron chi connectivity index (χ1n) is 10.1. The fraction of sp³-hybridized carbons (Fsp3) is 0.667. The molecule has 0 rings (SSSR count). The zero-order chi connectivity index (χ0) is 24.8. The molecule has 4 unspecified atom stereocenters. The van der Waals surface area contributed by atoms with Crippen LogP contribution in [0.15, 0.2) is 4.99 Å². The second-order valence-electron chi connectivity index (χ2n) is 7.27. The van der Waals surface area contributed by atoms with Crippen molar-refractivity contribution in [2.45, 2.75) is 57.7 Å². The maximum atomic E-state index is 12.9. The third-order valence-corrected chi connectivity index (χ3v) is 4.54. The summed E-state index contributed by atoms with van der Waals surface area (Å²) in [6.07, 6.45) is 0.527. The highest BCUT2D eigenvalue weighted by Gasteiger charge is 2.31. The van der Waals surface area contributed by atoms with Crippen molar-refractivity contribution in [2.75, 3.05) is 13.1 Å². The molecule has 12 N–H and O–H groups in total. The number of carboxylic acid groups (broad SMARTS) is 1. The van der Waals surface area contributed by atoms with E-state index in [1.54, 1.807) is 13.8 Å². The van der Waals surface area contributed by atoms with Crippen LogP contribution in [-0.2, 0) is 24.0 Å². The third-order valence-electron chi connectivity index (χ3n) is 4.54. The van der Waals surface area contributed by atoms with Crippen LogP contribution >= 0.6 is 0 Å². The number of hydrogen-bond donors (Lipinski definition) is 8. The van der Waals surface area contributed by atoms with Gasteiger partial charge in [-0.05, 0) is 18.8 Å². The minimum Gasteiger partial charge on any atom is -0.480 e. The summed E-state index contributed by atoms with van der Waals surface area (Å²) in [5.41, 5.74) is 21.2. The molecular formula is C18H34N8O6. The van der Waals surface area contributed by atoms with E-state index in [1.807, 2.05) is 0 Å². The standard InChI is InChI=1S/C18H34N8O6/c1-3-9(2)14(26-15(30)10(19)7-12(20)27)17(32)25-11(5-4-6-23-18(21)22)16(31)24-8-13(28)29/h9-11,14H,3-8,19H2,1-2H3,(H2,20,27)(H,24,31)(H,25,32)(H,26,30)(H,28,29)(H4,21,22,23). The molecule has 182 valence electrons. The predicted molar refractivity (Wildman–Crippen MR) is 116 cm³/mol. The molecule has 0 aromatic carbocycles.